The van der Waals surface area contributed by atoms with Crippen molar-refractivity contribution in [3.05, 3.63) is 60.1 Å². The van der Waals surface area contributed by atoms with Crippen molar-refractivity contribution in [3.63, 3.8) is 0 Å². The van der Waals surface area contributed by atoms with E-state index in [1.165, 1.54) is 5.69 Å². The summed E-state index contributed by atoms with van der Waals surface area (Å²) >= 11 is 0. The van der Waals surface area contributed by atoms with E-state index in [9.17, 15) is 4.79 Å². The summed E-state index contributed by atoms with van der Waals surface area (Å²) in [7, 11) is 1.76. The molecule has 0 bridgehead atoms. The van der Waals surface area contributed by atoms with Crippen LogP contribution in [-0.4, -0.2) is 43.5 Å². The van der Waals surface area contributed by atoms with E-state index in [2.05, 4.69) is 31.2 Å². The molecule has 0 saturated carbocycles. The van der Waals surface area contributed by atoms with Gasteiger partial charge >= 0.3 is 0 Å². The largest absolute Gasteiger partial charge is 0.468 e. The summed E-state index contributed by atoms with van der Waals surface area (Å²) in [6.45, 7) is 3.08. The number of carbonyl (C=O) groups excluding carboxylic acids is 1. The predicted octanol–water partition coefficient (Wildman–Crippen LogP) is 1.59. The van der Waals surface area contributed by atoms with Crippen molar-refractivity contribution in [1.82, 2.24) is 29.8 Å². The van der Waals surface area contributed by atoms with Crippen molar-refractivity contribution in [2.45, 2.75) is 25.6 Å². The molecule has 1 unspecified atom stereocenters. The van der Waals surface area contributed by atoms with Gasteiger partial charge in [0.25, 0.3) is 5.91 Å². The van der Waals surface area contributed by atoms with Gasteiger partial charge in [-0.25, -0.2) is 0 Å². The van der Waals surface area contributed by atoms with Crippen LogP contribution in [-0.2, 0) is 20.1 Å². The summed E-state index contributed by atoms with van der Waals surface area (Å²) in [4.78, 5) is 14.6. The molecule has 3 aromatic heterocycles. The lowest BCUT2D eigenvalue weighted by molar-refractivity contribution is 0.0937. The lowest BCUT2D eigenvalue weighted by atomic mass is 10.1. The van der Waals surface area contributed by atoms with E-state index < -0.39 is 0 Å². The molecular formula is C18H22N6O2. The van der Waals surface area contributed by atoms with E-state index in [-0.39, 0.29) is 11.9 Å². The summed E-state index contributed by atoms with van der Waals surface area (Å²) in [5.74, 6) is 0.857. The number of aromatic nitrogens is 4. The third-order valence-corrected chi connectivity index (χ3v) is 4.73. The van der Waals surface area contributed by atoms with Gasteiger partial charge in [-0.2, -0.15) is 10.2 Å². The highest BCUT2D eigenvalue weighted by atomic mass is 16.3. The Balaban J connectivity index is 1.37. The third-order valence-electron chi connectivity index (χ3n) is 4.73. The van der Waals surface area contributed by atoms with E-state index in [0.717, 1.165) is 31.8 Å². The standard InChI is InChI=1S/C18H22N6O2/c1-22-17(6-9-20-22)18(25)19-7-4-14-11-23(13-16-3-2-10-26-16)12-15-5-8-21-24(14)15/h2-3,5-6,8-10,14H,4,7,11-13H2,1H3,(H,19,25). The minimum absolute atomic E-state index is 0.103. The molecule has 1 aliphatic heterocycles. The van der Waals surface area contributed by atoms with Gasteiger partial charge in [-0.15, -0.1) is 0 Å². The van der Waals surface area contributed by atoms with Gasteiger partial charge in [0.05, 0.1) is 24.5 Å². The lowest BCUT2D eigenvalue weighted by Gasteiger charge is -2.33. The maximum atomic E-state index is 12.2. The first-order valence-corrected chi connectivity index (χ1v) is 8.74. The SMILES string of the molecule is Cn1nccc1C(=O)NCCC1CN(Cc2ccco2)Cc2ccnn21. The first-order valence-electron chi connectivity index (χ1n) is 8.74. The number of amides is 1. The second-order valence-electron chi connectivity index (χ2n) is 6.55. The molecule has 0 aliphatic carbocycles. The van der Waals surface area contributed by atoms with Crippen LogP contribution in [0.5, 0.6) is 0 Å². The average molecular weight is 354 g/mol. The lowest BCUT2D eigenvalue weighted by Crippen LogP contribution is -2.39. The van der Waals surface area contributed by atoms with Gasteiger partial charge in [-0.1, -0.05) is 0 Å². The smallest absolute Gasteiger partial charge is 0.269 e. The Bertz CT molecular complexity index is 866. The minimum atomic E-state index is -0.103. The molecule has 0 fully saturated rings. The number of aryl methyl sites for hydroxylation is 1. The van der Waals surface area contributed by atoms with E-state index in [1.807, 2.05) is 18.3 Å². The van der Waals surface area contributed by atoms with Crippen LogP contribution in [0.3, 0.4) is 0 Å². The van der Waals surface area contributed by atoms with E-state index in [0.29, 0.717) is 12.2 Å². The quantitative estimate of drug-likeness (QED) is 0.727. The van der Waals surface area contributed by atoms with Crippen LogP contribution >= 0.6 is 0 Å². The minimum Gasteiger partial charge on any atom is -0.468 e. The van der Waals surface area contributed by atoms with Gasteiger partial charge in [0.1, 0.15) is 11.5 Å². The molecular weight excluding hydrogens is 332 g/mol. The highest BCUT2D eigenvalue weighted by molar-refractivity contribution is 5.92. The summed E-state index contributed by atoms with van der Waals surface area (Å²) in [6.07, 6.45) is 5.98. The van der Waals surface area contributed by atoms with Crippen molar-refractivity contribution in [2.24, 2.45) is 7.05 Å². The topological polar surface area (TPSA) is 81.1 Å². The van der Waals surface area contributed by atoms with Crippen molar-refractivity contribution < 1.29 is 9.21 Å². The van der Waals surface area contributed by atoms with Crippen LogP contribution in [0, 0.1) is 0 Å². The van der Waals surface area contributed by atoms with Gasteiger partial charge in [-0.3, -0.25) is 19.1 Å². The Morgan fingerprint density at radius 2 is 2.19 bits per heavy atom. The van der Waals surface area contributed by atoms with E-state index in [1.54, 1.807) is 30.3 Å². The fourth-order valence-corrected chi connectivity index (χ4v) is 3.46. The Hall–Kier alpha value is -2.87. The number of hydrogen-bond donors (Lipinski definition) is 1. The Morgan fingerprint density at radius 1 is 1.31 bits per heavy atom. The molecule has 3 aromatic rings. The van der Waals surface area contributed by atoms with Gasteiger partial charge in [0.2, 0.25) is 0 Å². The zero-order valence-electron chi connectivity index (χ0n) is 14.7. The zero-order chi connectivity index (χ0) is 17.9. The molecule has 26 heavy (non-hydrogen) atoms. The molecule has 4 heterocycles. The second kappa shape index (κ2) is 7.17. The summed E-state index contributed by atoms with van der Waals surface area (Å²) < 4.78 is 9.13. The molecule has 0 spiro atoms. The molecule has 0 saturated heterocycles. The fraction of sp³-hybridized carbons (Fsp3) is 0.389. The van der Waals surface area contributed by atoms with Crippen LogP contribution in [0.15, 0.2) is 47.3 Å². The Kier molecular flexibility index (Phi) is 4.57. The van der Waals surface area contributed by atoms with E-state index >= 15 is 0 Å². The van der Waals surface area contributed by atoms with Gasteiger partial charge in [0, 0.05) is 39.1 Å². The number of fused-ring (bicyclic) bond motifs is 1. The molecule has 8 nitrogen and oxygen atoms in total. The van der Waals surface area contributed by atoms with Crippen LogP contribution in [0.25, 0.3) is 0 Å². The van der Waals surface area contributed by atoms with Crippen LogP contribution in [0.4, 0.5) is 0 Å². The van der Waals surface area contributed by atoms with Crippen LogP contribution < -0.4 is 5.32 Å². The number of furan rings is 1. The Labute approximate surface area is 151 Å². The molecule has 136 valence electrons. The molecule has 1 amide bonds. The maximum Gasteiger partial charge on any atom is 0.269 e. The number of rotatable bonds is 6. The molecule has 4 rings (SSSR count). The number of nitrogens with one attached hydrogen (secondary N) is 1. The first-order chi connectivity index (χ1) is 12.7. The van der Waals surface area contributed by atoms with Crippen molar-refractivity contribution in [1.29, 1.82) is 0 Å². The number of nitrogens with zero attached hydrogens (tertiary/aromatic N) is 5. The maximum absolute atomic E-state index is 12.2. The highest BCUT2D eigenvalue weighted by Gasteiger charge is 2.26. The molecule has 0 radical (unpaired) electrons. The molecule has 8 heteroatoms. The first kappa shape index (κ1) is 16.6. The monoisotopic (exact) mass is 354 g/mol. The van der Waals surface area contributed by atoms with Gasteiger partial charge in [0.15, 0.2) is 0 Å². The van der Waals surface area contributed by atoms with Crippen molar-refractivity contribution in [2.75, 3.05) is 13.1 Å². The molecule has 1 aliphatic rings. The summed E-state index contributed by atoms with van der Waals surface area (Å²) in [5, 5.41) is 11.5. The summed E-state index contributed by atoms with van der Waals surface area (Å²) in [6, 6.07) is 7.89. The van der Waals surface area contributed by atoms with Gasteiger partial charge in [-0.05, 0) is 30.7 Å². The summed E-state index contributed by atoms with van der Waals surface area (Å²) in [5.41, 5.74) is 1.75. The number of carbonyl (C=O) groups is 1. The van der Waals surface area contributed by atoms with Gasteiger partial charge < -0.3 is 9.73 Å². The normalized spacial score (nSPS) is 17.2. The number of hydrogen-bond acceptors (Lipinski definition) is 5. The second-order valence-corrected chi connectivity index (χ2v) is 6.55. The van der Waals surface area contributed by atoms with Crippen molar-refractivity contribution in [3.8, 4) is 0 Å². The van der Waals surface area contributed by atoms with Crippen LogP contribution in [0.1, 0.15) is 34.4 Å². The molecule has 0 aromatic carbocycles. The third kappa shape index (κ3) is 3.41. The van der Waals surface area contributed by atoms with Crippen LogP contribution in [0.2, 0.25) is 0 Å². The zero-order valence-corrected chi connectivity index (χ0v) is 14.7. The molecule has 1 atom stereocenters. The molecule has 1 N–H and O–H groups in total. The predicted molar refractivity (Wildman–Crippen MR) is 94.2 cm³/mol. The average Bonchev–Trinajstić information content (AvgIpc) is 3.36. The fourth-order valence-electron chi connectivity index (χ4n) is 3.46. The Morgan fingerprint density at radius 3 is 2.96 bits per heavy atom. The van der Waals surface area contributed by atoms with E-state index in [4.69, 9.17) is 4.42 Å². The van der Waals surface area contributed by atoms with Crippen molar-refractivity contribution >= 4 is 5.91 Å². The highest BCUT2D eigenvalue weighted by Crippen LogP contribution is 2.24.